The van der Waals surface area contributed by atoms with Gasteiger partial charge in [0, 0.05) is 25.6 Å². The Labute approximate surface area is 158 Å². The second-order valence-corrected chi connectivity index (χ2v) is 7.64. The van der Waals surface area contributed by atoms with Gasteiger partial charge in [0.15, 0.2) is 0 Å². The van der Waals surface area contributed by atoms with Crippen LogP contribution in [0.4, 0.5) is 0 Å². The largest absolute Gasteiger partial charge is 0.492 e. The molecule has 1 heterocycles. The number of amides is 1. The molecule has 146 valence electrons. The van der Waals surface area contributed by atoms with Crippen LogP contribution in [0, 0.1) is 5.92 Å². The number of rotatable bonds is 10. The molecule has 0 saturated carbocycles. The van der Waals surface area contributed by atoms with E-state index in [4.69, 9.17) is 4.74 Å². The predicted octanol–water partition coefficient (Wildman–Crippen LogP) is 2.62. The van der Waals surface area contributed by atoms with E-state index >= 15 is 0 Å². The minimum atomic E-state index is 0.193. The Bertz CT molecular complexity index is 513. The van der Waals surface area contributed by atoms with Gasteiger partial charge in [0.25, 0.3) is 0 Å². The van der Waals surface area contributed by atoms with Crippen LogP contribution in [0.25, 0.3) is 0 Å². The van der Waals surface area contributed by atoms with Crippen molar-refractivity contribution >= 4 is 5.91 Å². The Hall–Kier alpha value is -1.59. The van der Waals surface area contributed by atoms with Crippen molar-refractivity contribution < 1.29 is 9.53 Å². The van der Waals surface area contributed by atoms with Crippen LogP contribution < -0.4 is 10.1 Å². The normalized spacial score (nSPS) is 17.2. The molecule has 0 spiro atoms. The number of hydrogen-bond acceptors (Lipinski definition) is 4. The fourth-order valence-electron chi connectivity index (χ4n) is 3.36. The minimum absolute atomic E-state index is 0.193. The Morgan fingerprint density at radius 3 is 2.62 bits per heavy atom. The van der Waals surface area contributed by atoms with Crippen molar-refractivity contribution in [1.29, 1.82) is 0 Å². The maximum Gasteiger partial charge on any atom is 0.220 e. The minimum Gasteiger partial charge on any atom is -0.492 e. The maximum atomic E-state index is 11.9. The average Bonchev–Trinajstić information content (AvgIpc) is 2.65. The van der Waals surface area contributed by atoms with E-state index in [9.17, 15) is 4.79 Å². The summed E-state index contributed by atoms with van der Waals surface area (Å²) in [4.78, 5) is 16.5. The number of ether oxygens (including phenoxy) is 1. The lowest BCUT2D eigenvalue weighted by Crippen LogP contribution is -2.43. The molecule has 0 unspecified atom stereocenters. The summed E-state index contributed by atoms with van der Waals surface area (Å²) in [6.45, 7) is 6.80. The molecule has 2 rings (SSSR count). The second-order valence-electron chi connectivity index (χ2n) is 7.64. The summed E-state index contributed by atoms with van der Waals surface area (Å²) in [6, 6.07) is 10.4. The van der Waals surface area contributed by atoms with Gasteiger partial charge in [0.2, 0.25) is 5.91 Å². The number of nitrogens with one attached hydrogen (secondary N) is 1. The topological polar surface area (TPSA) is 44.8 Å². The molecule has 1 aromatic rings. The summed E-state index contributed by atoms with van der Waals surface area (Å²) in [5.74, 6) is 1.81. The van der Waals surface area contributed by atoms with Crippen molar-refractivity contribution in [2.45, 2.75) is 38.6 Å². The molecule has 0 radical (unpaired) electrons. The summed E-state index contributed by atoms with van der Waals surface area (Å²) in [5.41, 5.74) is 0. The highest BCUT2D eigenvalue weighted by molar-refractivity contribution is 5.75. The highest BCUT2D eigenvalue weighted by Crippen LogP contribution is 2.23. The van der Waals surface area contributed by atoms with Gasteiger partial charge in [-0.3, -0.25) is 9.69 Å². The standard InChI is InChI=1S/C21H35N3O2/c1-18(17-26-20-7-5-4-6-8-20)24-14-11-19(12-15-24)9-10-21(25)22-13-16-23(2)3/h4-8,18-19H,9-17H2,1-3H3,(H,22,25)/t18-/m1/s1. The zero-order valence-electron chi connectivity index (χ0n) is 16.6. The number of likely N-dealkylation sites (tertiary alicyclic amines) is 1. The second kappa shape index (κ2) is 11.2. The van der Waals surface area contributed by atoms with Crippen LogP contribution in [0.5, 0.6) is 5.75 Å². The molecule has 5 heteroatoms. The van der Waals surface area contributed by atoms with Gasteiger partial charge in [0.1, 0.15) is 12.4 Å². The fraction of sp³-hybridized carbons (Fsp3) is 0.667. The smallest absolute Gasteiger partial charge is 0.220 e. The molecule has 5 nitrogen and oxygen atoms in total. The first-order valence-corrected chi connectivity index (χ1v) is 9.88. The summed E-state index contributed by atoms with van der Waals surface area (Å²) in [5, 5.41) is 3.01. The van der Waals surface area contributed by atoms with Crippen LogP contribution in [-0.2, 0) is 4.79 Å². The van der Waals surface area contributed by atoms with Gasteiger partial charge >= 0.3 is 0 Å². The number of para-hydroxylation sites is 1. The fourth-order valence-corrected chi connectivity index (χ4v) is 3.36. The zero-order valence-corrected chi connectivity index (χ0v) is 16.6. The summed E-state index contributed by atoms with van der Waals surface area (Å²) in [7, 11) is 4.04. The van der Waals surface area contributed by atoms with Gasteiger partial charge in [0.05, 0.1) is 0 Å². The van der Waals surface area contributed by atoms with Crippen LogP contribution in [0.3, 0.4) is 0 Å². The summed E-state index contributed by atoms with van der Waals surface area (Å²) in [6.07, 6.45) is 4.03. The molecule has 1 fully saturated rings. The molecule has 26 heavy (non-hydrogen) atoms. The van der Waals surface area contributed by atoms with Gasteiger partial charge in [-0.2, -0.15) is 0 Å². The molecule has 1 saturated heterocycles. The molecule has 0 bridgehead atoms. The van der Waals surface area contributed by atoms with Gasteiger partial charge in [-0.05, 0) is 71.4 Å². The number of carbonyl (C=O) groups is 1. The first kappa shape index (κ1) is 20.7. The Morgan fingerprint density at radius 2 is 1.96 bits per heavy atom. The quantitative estimate of drug-likeness (QED) is 0.696. The number of piperidine rings is 1. The number of nitrogens with zero attached hydrogens (tertiary/aromatic N) is 2. The monoisotopic (exact) mass is 361 g/mol. The van der Waals surface area contributed by atoms with Gasteiger partial charge < -0.3 is 15.0 Å². The lowest BCUT2D eigenvalue weighted by molar-refractivity contribution is -0.121. The molecule has 1 aliphatic rings. The van der Waals surface area contributed by atoms with Crippen molar-refractivity contribution in [2.75, 3.05) is 46.9 Å². The molecule has 1 aliphatic heterocycles. The van der Waals surface area contributed by atoms with Gasteiger partial charge in [-0.15, -0.1) is 0 Å². The third-order valence-corrected chi connectivity index (χ3v) is 5.17. The zero-order chi connectivity index (χ0) is 18.8. The van der Waals surface area contributed by atoms with Crippen molar-refractivity contribution in [3.8, 4) is 5.75 Å². The van der Waals surface area contributed by atoms with E-state index in [2.05, 4.69) is 22.0 Å². The molecule has 0 aliphatic carbocycles. The highest BCUT2D eigenvalue weighted by atomic mass is 16.5. The van der Waals surface area contributed by atoms with Gasteiger partial charge in [-0.1, -0.05) is 18.2 Å². The van der Waals surface area contributed by atoms with Crippen molar-refractivity contribution in [3.05, 3.63) is 30.3 Å². The van der Waals surface area contributed by atoms with E-state index in [0.717, 1.165) is 45.0 Å². The van der Waals surface area contributed by atoms with E-state index < -0.39 is 0 Å². The van der Waals surface area contributed by atoms with E-state index in [1.807, 2.05) is 44.4 Å². The molecule has 0 aromatic heterocycles. The van der Waals surface area contributed by atoms with Crippen molar-refractivity contribution in [2.24, 2.45) is 5.92 Å². The summed E-state index contributed by atoms with van der Waals surface area (Å²) >= 11 is 0. The number of benzene rings is 1. The number of hydrogen-bond donors (Lipinski definition) is 1. The molecular weight excluding hydrogens is 326 g/mol. The third-order valence-electron chi connectivity index (χ3n) is 5.17. The first-order valence-electron chi connectivity index (χ1n) is 9.88. The van der Waals surface area contributed by atoms with Crippen LogP contribution in [0.1, 0.15) is 32.6 Å². The predicted molar refractivity (Wildman–Crippen MR) is 106 cm³/mol. The number of likely N-dealkylation sites (N-methyl/N-ethyl adjacent to an activating group) is 1. The van der Waals surface area contributed by atoms with E-state index in [1.54, 1.807) is 0 Å². The Balaban J connectivity index is 1.58. The Kier molecular flexibility index (Phi) is 8.92. The van der Waals surface area contributed by atoms with E-state index in [0.29, 0.717) is 18.4 Å². The average molecular weight is 362 g/mol. The van der Waals surface area contributed by atoms with E-state index in [1.165, 1.54) is 12.8 Å². The molecule has 1 N–H and O–H groups in total. The van der Waals surface area contributed by atoms with Crippen LogP contribution in [0.15, 0.2) is 30.3 Å². The van der Waals surface area contributed by atoms with Crippen LogP contribution in [0.2, 0.25) is 0 Å². The number of carbonyl (C=O) groups excluding carboxylic acids is 1. The third kappa shape index (κ3) is 7.75. The molecule has 1 aromatic carbocycles. The maximum absolute atomic E-state index is 11.9. The highest BCUT2D eigenvalue weighted by Gasteiger charge is 2.23. The molecule has 1 amide bonds. The molecular formula is C21H35N3O2. The lowest BCUT2D eigenvalue weighted by Gasteiger charge is -2.35. The van der Waals surface area contributed by atoms with Crippen LogP contribution in [-0.4, -0.2) is 68.6 Å². The first-order chi connectivity index (χ1) is 12.5. The van der Waals surface area contributed by atoms with Gasteiger partial charge in [-0.25, -0.2) is 0 Å². The van der Waals surface area contributed by atoms with Crippen LogP contribution >= 0.6 is 0 Å². The summed E-state index contributed by atoms with van der Waals surface area (Å²) < 4.78 is 5.88. The van der Waals surface area contributed by atoms with E-state index in [-0.39, 0.29) is 5.91 Å². The Morgan fingerprint density at radius 1 is 1.27 bits per heavy atom. The lowest BCUT2D eigenvalue weighted by atomic mass is 9.91. The van der Waals surface area contributed by atoms with Crippen molar-refractivity contribution in [1.82, 2.24) is 15.1 Å². The van der Waals surface area contributed by atoms with Crippen molar-refractivity contribution in [3.63, 3.8) is 0 Å². The molecule has 1 atom stereocenters. The SMILES string of the molecule is C[C@H](COc1ccccc1)N1CCC(CCC(=O)NCCN(C)C)CC1.